The van der Waals surface area contributed by atoms with Gasteiger partial charge >= 0.3 is 5.97 Å². The number of carbonyl (C=O) groups excluding carboxylic acids is 2. The van der Waals surface area contributed by atoms with Crippen LogP contribution in [0.15, 0.2) is 47.4 Å². The van der Waals surface area contributed by atoms with Crippen LogP contribution in [0.4, 0.5) is 10.1 Å². The van der Waals surface area contributed by atoms with Gasteiger partial charge in [-0.25, -0.2) is 9.18 Å². The number of pyridine rings is 1. The van der Waals surface area contributed by atoms with Gasteiger partial charge in [-0.2, -0.15) is 0 Å². The van der Waals surface area contributed by atoms with E-state index in [1.54, 1.807) is 36.6 Å². The van der Waals surface area contributed by atoms with Gasteiger partial charge in [-0.05, 0) is 44.2 Å². The zero-order chi connectivity index (χ0) is 22.9. The maximum atomic E-state index is 13.2. The van der Waals surface area contributed by atoms with Gasteiger partial charge in [0.2, 0.25) is 0 Å². The van der Waals surface area contributed by atoms with Crippen LogP contribution in [0.1, 0.15) is 32.1 Å². The fourth-order valence-electron chi connectivity index (χ4n) is 3.37. The number of Topliss-reactive ketones (excluding diaryl/α,β-unsaturated/α-hetero) is 1. The van der Waals surface area contributed by atoms with Gasteiger partial charge < -0.3 is 13.9 Å². The van der Waals surface area contributed by atoms with Crippen LogP contribution in [0.5, 0.6) is 0 Å². The van der Waals surface area contributed by atoms with Crippen molar-refractivity contribution >= 4 is 17.4 Å². The monoisotopic (exact) mass is 427 g/mol. The fourth-order valence-corrected chi connectivity index (χ4v) is 3.37. The van der Waals surface area contributed by atoms with Gasteiger partial charge in [-0.15, -0.1) is 0 Å². The van der Waals surface area contributed by atoms with Gasteiger partial charge in [0.25, 0.3) is 11.2 Å². The van der Waals surface area contributed by atoms with E-state index >= 15 is 0 Å². The van der Waals surface area contributed by atoms with E-state index in [2.05, 4.69) is 4.74 Å². The number of aryl methyl sites for hydroxylation is 1. The second-order valence-electron chi connectivity index (χ2n) is 6.81. The molecule has 0 bridgehead atoms. The number of rotatable bonds is 6. The summed E-state index contributed by atoms with van der Waals surface area (Å²) in [7, 11) is 1.04. The number of ether oxygens (including phenoxy) is 1. The van der Waals surface area contributed by atoms with E-state index in [0.717, 1.165) is 23.9 Å². The van der Waals surface area contributed by atoms with Gasteiger partial charge in [0.05, 0.1) is 24.8 Å². The van der Waals surface area contributed by atoms with E-state index in [0.29, 0.717) is 22.6 Å². The Morgan fingerprint density at radius 3 is 2.35 bits per heavy atom. The molecule has 160 valence electrons. The number of nitrogens with zero attached hydrogens (tertiary/aromatic N) is 3. The molecule has 3 rings (SSSR count). The topological polar surface area (TPSA) is 113 Å². The molecule has 9 nitrogen and oxygen atoms in total. The van der Waals surface area contributed by atoms with E-state index in [1.807, 2.05) is 0 Å². The minimum absolute atomic E-state index is 0.292. The Morgan fingerprint density at radius 2 is 1.77 bits per heavy atom. The summed E-state index contributed by atoms with van der Waals surface area (Å²) in [4.78, 5) is 47.8. The van der Waals surface area contributed by atoms with E-state index in [-0.39, 0.29) is 0 Å². The Hall–Kier alpha value is -4.08. The second-order valence-corrected chi connectivity index (χ2v) is 6.81. The summed E-state index contributed by atoms with van der Waals surface area (Å²) >= 11 is 0. The molecule has 0 atom stereocenters. The summed E-state index contributed by atoms with van der Waals surface area (Å²) in [6, 6.07) is 8.16. The number of methoxy groups -OCH3 is 1. The SMILES string of the molecule is COC(=O)c1cc([N+](=O)[O-])cn(CC(=O)c2cc(C)n(-c3ccc(F)cc3)c2C)c1=O. The molecule has 0 saturated heterocycles. The third kappa shape index (κ3) is 4.13. The van der Waals surface area contributed by atoms with Gasteiger partial charge in [0.15, 0.2) is 5.78 Å². The molecule has 3 aromatic rings. The normalized spacial score (nSPS) is 10.7. The molecule has 2 aromatic heterocycles. The average Bonchev–Trinajstić information content (AvgIpc) is 3.03. The molecule has 0 saturated carbocycles. The highest BCUT2D eigenvalue weighted by Crippen LogP contribution is 2.22. The average molecular weight is 427 g/mol. The summed E-state index contributed by atoms with van der Waals surface area (Å²) < 4.78 is 20.3. The first-order chi connectivity index (χ1) is 14.6. The van der Waals surface area contributed by atoms with Crippen molar-refractivity contribution in [2.45, 2.75) is 20.4 Å². The molecule has 1 aromatic carbocycles. The molecule has 0 unspecified atom stereocenters. The van der Waals surface area contributed by atoms with E-state index in [1.165, 1.54) is 12.1 Å². The van der Waals surface area contributed by atoms with Crippen molar-refractivity contribution < 1.29 is 23.6 Å². The maximum absolute atomic E-state index is 13.2. The number of nitro groups is 1. The maximum Gasteiger partial charge on any atom is 0.343 e. The molecule has 0 N–H and O–H groups in total. The highest BCUT2D eigenvalue weighted by molar-refractivity contribution is 5.97. The highest BCUT2D eigenvalue weighted by Gasteiger charge is 2.23. The minimum Gasteiger partial charge on any atom is -0.465 e. The summed E-state index contributed by atoms with van der Waals surface area (Å²) in [5, 5.41) is 11.2. The standard InChI is InChI=1S/C21H18FN3O6/c1-12-8-17(13(2)24(12)15-6-4-14(22)5-7-15)19(26)11-23-10-16(25(29)30)9-18(20(23)27)21(28)31-3/h4-10H,11H2,1-3H3. The van der Waals surface area contributed by atoms with Crippen LogP contribution in [0.2, 0.25) is 0 Å². The Balaban J connectivity index is 2.03. The Bertz CT molecular complexity index is 1260. The van der Waals surface area contributed by atoms with Crippen molar-refractivity contribution in [3.63, 3.8) is 0 Å². The predicted octanol–water partition coefficient (Wildman–Crippen LogP) is 2.97. The molecule has 0 radical (unpaired) electrons. The van der Waals surface area contributed by atoms with Crippen LogP contribution < -0.4 is 5.56 Å². The third-order valence-electron chi connectivity index (χ3n) is 4.82. The first-order valence-corrected chi connectivity index (χ1v) is 9.09. The number of ketones is 1. The number of halogens is 1. The first-order valence-electron chi connectivity index (χ1n) is 9.09. The van der Waals surface area contributed by atoms with Crippen LogP contribution in [0.25, 0.3) is 5.69 Å². The number of hydrogen-bond donors (Lipinski definition) is 0. The zero-order valence-corrected chi connectivity index (χ0v) is 16.9. The van der Waals surface area contributed by atoms with Crippen molar-refractivity contribution in [1.82, 2.24) is 9.13 Å². The van der Waals surface area contributed by atoms with Crippen molar-refractivity contribution in [2.24, 2.45) is 0 Å². The summed E-state index contributed by atoms with van der Waals surface area (Å²) in [6.07, 6.45) is 0.909. The zero-order valence-electron chi connectivity index (χ0n) is 16.9. The van der Waals surface area contributed by atoms with E-state index < -0.39 is 45.8 Å². The second kappa shape index (κ2) is 8.34. The summed E-state index contributed by atoms with van der Waals surface area (Å²) in [5.41, 5.74) is 0.259. The molecule has 0 spiro atoms. The number of benzene rings is 1. The van der Waals surface area contributed by atoms with Crippen LogP contribution in [-0.4, -0.2) is 32.9 Å². The van der Waals surface area contributed by atoms with Crippen molar-refractivity contribution in [3.05, 3.63) is 91.4 Å². The molecule has 10 heteroatoms. The highest BCUT2D eigenvalue weighted by atomic mass is 19.1. The lowest BCUT2D eigenvalue weighted by atomic mass is 10.1. The lowest BCUT2D eigenvalue weighted by Gasteiger charge is -2.10. The van der Waals surface area contributed by atoms with Crippen LogP contribution in [0, 0.1) is 29.8 Å². The van der Waals surface area contributed by atoms with Crippen LogP contribution in [0.3, 0.4) is 0 Å². The number of aromatic nitrogens is 2. The van der Waals surface area contributed by atoms with E-state index in [9.17, 15) is 28.9 Å². The number of esters is 1. The van der Waals surface area contributed by atoms with Crippen molar-refractivity contribution in [1.29, 1.82) is 0 Å². The van der Waals surface area contributed by atoms with Crippen molar-refractivity contribution in [2.75, 3.05) is 7.11 Å². The molecular weight excluding hydrogens is 409 g/mol. The van der Waals surface area contributed by atoms with Gasteiger partial charge in [-0.1, -0.05) is 0 Å². The third-order valence-corrected chi connectivity index (χ3v) is 4.82. The van der Waals surface area contributed by atoms with Crippen molar-refractivity contribution in [3.8, 4) is 5.69 Å². The molecule has 0 amide bonds. The molecule has 0 fully saturated rings. The Morgan fingerprint density at radius 1 is 1.13 bits per heavy atom. The molecule has 2 heterocycles. The van der Waals surface area contributed by atoms with Gasteiger partial charge in [0.1, 0.15) is 11.4 Å². The van der Waals surface area contributed by atoms with Crippen LogP contribution >= 0.6 is 0 Å². The molecule has 0 aliphatic rings. The number of hydrogen-bond acceptors (Lipinski definition) is 6. The molecule has 0 aliphatic heterocycles. The number of carbonyl (C=O) groups is 2. The first kappa shape index (κ1) is 21.6. The lowest BCUT2D eigenvalue weighted by molar-refractivity contribution is -0.385. The van der Waals surface area contributed by atoms with Crippen LogP contribution in [-0.2, 0) is 11.3 Å². The summed E-state index contributed by atoms with van der Waals surface area (Å²) in [5.74, 6) is -1.92. The predicted molar refractivity (Wildman–Crippen MR) is 108 cm³/mol. The molecular formula is C21H18FN3O6. The minimum atomic E-state index is -1.04. The summed E-state index contributed by atoms with van der Waals surface area (Å²) in [6.45, 7) is 2.94. The lowest BCUT2D eigenvalue weighted by Crippen LogP contribution is -2.29. The molecule has 0 aliphatic carbocycles. The Kier molecular flexibility index (Phi) is 5.82. The smallest absolute Gasteiger partial charge is 0.343 e. The largest absolute Gasteiger partial charge is 0.465 e. The quantitative estimate of drug-likeness (QED) is 0.259. The molecule has 31 heavy (non-hydrogen) atoms. The van der Waals surface area contributed by atoms with E-state index in [4.69, 9.17) is 0 Å². The Labute approximate surface area is 175 Å². The fraction of sp³-hybridized carbons (Fsp3) is 0.190. The van der Waals surface area contributed by atoms with Gasteiger partial charge in [0, 0.05) is 28.7 Å². The van der Waals surface area contributed by atoms with Gasteiger partial charge in [-0.3, -0.25) is 19.7 Å².